The summed E-state index contributed by atoms with van der Waals surface area (Å²) in [4.78, 5) is 16.3. The van der Waals surface area contributed by atoms with Gasteiger partial charge in [0.15, 0.2) is 0 Å². The van der Waals surface area contributed by atoms with Crippen LogP contribution in [0.1, 0.15) is 40.7 Å². The van der Waals surface area contributed by atoms with Crippen molar-refractivity contribution in [3.63, 3.8) is 0 Å². The van der Waals surface area contributed by atoms with Gasteiger partial charge in [-0.3, -0.25) is 4.79 Å². The van der Waals surface area contributed by atoms with Crippen LogP contribution in [0, 0.1) is 0 Å². The highest BCUT2D eigenvalue weighted by molar-refractivity contribution is 5.94. The lowest BCUT2D eigenvalue weighted by atomic mass is 9.90. The number of carbonyl (C=O) groups is 1. The molecule has 0 saturated heterocycles. The molecule has 5 heteroatoms. The quantitative estimate of drug-likeness (QED) is 0.369. The molecule has 0 saturated carbocycles. The monoisotopic (exact) mass is 428 g/mol. The molecular formula is C27H28N2O3. The van der Waals surface area contributed by atoms with E-state index in [1.165, 1.54) is 0 Å². The SMILES string of the molecule is CCCOc1cccc(C(=O)NC[C@@H](c2ccc(OC)cc2)c2c[nH]c3ccccc23)c1. The van der Waals surface area contributed by atoms with Gasteiger partial charge in [0, 0.05) is 35.1 Å². The number of aromatic amines is 1. The lowest BCUT2D eigenvalue weighted by Crippen LogP contribution is -2.28. The topological polar surface area (TPSA) is 63.4 Å². The van der Waals surface area contributed by atoms with E-state index in [1.54, 1.807) is 13.2 Å². The van der Waals surface area contributed by atoms with E-state index in [0.717, 1.165) is 34.2 Å². The van der Waals surface area contributed by atoms with Gasteiger partial charge in [0.2, 0.25) is 0 Å². The summed E-state index contributed by atoms with van der Waals surface area (Å²) in [5.74, 6) is 1.38. The van der Waals surface area contributed by atoms with Gasteiger partial charge < -0.3 is 19.8 Å². The normalized spacial score (nSPS) is 11.8. The van der Waals surface area contributed by atoms with Crippen LogP contribution in [0.5, 0.6) is 11.5 Å². The molecule has 1 atom stereocenters. The zero-order valence-corrected chi connectivity index (χ0v) is 18.4. The Bertz CT molecular complexity index is 1180. The van der Waals surface area contributed by atoms with Gasteiger partial charge >= 0.3 is 0 Å². The average Bonchev–Trinajstić information content (AvgIpc) is 3.27. The van der Waals surface area contributed by atoms with E-state index in [2.05, 4.69) is 41.5 Å². The minimum atomic E-state index is -0.120. The van der Waals surface area contributed by atoms with Crippen molar-refractivity contribution in [3.8, 4) is 11.5 Å². The van der Waals surface area contributed by atoms with Gasteiger partial charge in [0.05, 0.1) is 13.7 Å². The van der Waals surface area contributed by atoms with Crippen LogP contribution in [0.4, 0.5) is 0 Å². The minimum absolute atomic E-state index is 0.0134. The number of para-hydroxylation sites is 1. The van der Waals surface area contributed by atoms with Gasteiger partial charge in [-0.2, -0.15) is 0 Å². The summed E-state index contributed by atoms with van der Waals surface area (Å²) in [7, 11) is 1.66. The van der Waals surface area contributed by atoms with Gasteiger partial charge in [-0.1, -0.05) is 43.3 Å². The Morgan fingerprint density at radius 1 is 1.00 bits per heavy atom. The molecule has 5 nitrogen and oxygen atoms in total. The summed E-state index contributed by atoms with van der Waals surface area (Å²) < 4.78 is 11.0. The number of ether oxygens (including phenoxy) is 2. The van der Waals surface area contributed by atoms with Crippen molar-refractivity contribution in [1.29, 1.82) is 0 Å². The molecule has 1 amide bonds. The molecule has 0 aliphatic rings. The van der Waals surface area contributed by atoms with Gasteiger partial charge in [-0.15, -0.1) is 0 Å². The minimum Gasteiger partial charge on any atom is -0.497 e. The number of rotatable bonds is 9. The zero-order valence-electron chi connectivity index (χ0n) is 18.4. The molecule has 0 unspecified atom stereocenters. The smallest absolute Gasteiger partial charge is 0.251 e. The number of aromatic nitrogens is 1. The Labute approximate surface area is 188 Å². The number of hydrogen-bond donors (Lipinski definition) is 2. The molecule has 2 N–H and O–H groups in total. The van der Waals surface area contributed by atoms with E-state index in [9.17, 15) is 4.79 Å². The number of amides is 1. The molecule has 0 radical (unpaired) electrons. The molecule has 4 rings (SSSR count). The number of benzene rings is 3. The fourth-order valence-electron chi connectivity index (χ4n) is 3.87. The van der Waals surface area contributed by atoms with Crippen LogP contribution in [0.15, 0.2) is 79.0 Å². The Morgan fingerprint density at radius 2 is 1.81 bits per heavy atom. The highest BCUT2D eigenvalue weighted by atomic mass is 16.5. The van der Waals surface area contributed by atoms with Crippen molar-refractivity contribution in [2.75, 3.05) is 20.3 Å². The number of H-pyrrole nitrogens is 1. The number of methoxy groups -OCH3 is 1. The third-order valence-electron chi connectivity index (χ3n) is 5.55. The molecule has 0 spiro atoms. The molecule has 1 aromatic heterocycles. The second kappa shape index (κ2) is 10.1. The molecule has 0 aliphatic carbocycles. The molecule has 1 heterocycles. The fourth-order valence-corrected chi connectivity index (χ4v) is 3.87. The lowest BCUT2D eigenvalue weighted by Gasteiger charge is -2.19. The molecule has 0 aliphatic heterocycles. The van der Waals surface area contributed by atoms with E-state index >= 15 is 0 Å². The first-order chi connectivity index (χ1) is 15.7. The molecule has 0 bridgehead atoms. The molecular weight excluding hydrogens is 400 g/mol. The number of nitrogens with one attached hydrogen (secondary N) is 2. The Kier molecular flexibility index (Phi) is 6.75. The van der Waals surface area contributed by atoms with Crippen molar-refractivity contribution < 1.29 is 14.3 Å². The predicted octanol–water partition coefficient (Wildman–Crippen LogP) is 5.53. The van der Waals surface area contributed by atoms with Gasteiger partial charge in [0.25, 0.3) is 5.91 Å². The van der Waals surface area contributed by atoms with Crippen molar-refractivity contribution in [2.24, 2.45) is 0 Å². The predicted molar refractivity (Wildman–Crippen MR) is 128 cm³/mol. The van der Waals surface area contributed by atoms with Crippen LogP contribution in [0.25, 0.3) is 10.9 Å². The van der Waals surface area contributed by atoms with Crippen LogP contribution >= 0.6 is 0 Å². The Morgan fingerprint density at radius 3 is 2.59 bits per heavy atom. The summed E-state index contributed by atoms with van der Waals surface area (Å²) >= 11 is 0. The maximum Gasteiger partial charge on any atom is 0.251 e. The van der Waals surface area contributed by atoms with Gasteiger partial charge in [-0.05, 0) is 53.9 Å². The molecule has 32 heavy (non-hydrogen) atoms. The van der Waals surface area contributed by atoms with E-state index in [4.69, 9.17) is 9.47 Å². The summed E-state index contributed by atoms with van der Waals surface area (Å²) in [5, 5.41) is 4.27. The zero-order chi connectivity index (χ0) is 22.3. The maximum atomic E-state index is 12.9. The highest BCUT2D eigenvalue weighted by Gasteiger charge is 2.20. The first kappa shape index (κ1) is 21.5. The Balaban J connectivity index is 1.59. The number of fused-ring (bicyclic) bond motifs is 1. The first-order valence-electron chi connectivity index (χ1n) is 10.9. The van der Waals surface area contributed by atoms with E-state index in [0.29, 0.717) is 24.5 Å². The van der Waals surface area contributed by atoms with Crippen LogP contribution in [-0.2, 0) is 0 Å². The van der Waals surface area contributed by atoms with Crippen molar-refractivity contribution in [1.82, 2.24) is 10.3 Å². The third-order valence-corrected chi connectivity index (χ3v) is 5.55. The second-order valence-corrected chi connectivity index (χ2v) is 7.70. The van der Waals surface area contributed by atoms with Crippen molar-refractivity contribution >= 4 is 16.8 Å². The summed E-state index contributed by atoms with van der Waals surface area (Å²) in [6, 6.07) is 23.5. The maximum absolute atomic E-state index is 12.9. The summed E-state index contributed by atoms with van der Waals surface area (Å²) in [5.41, 5.74) is 3.92. The van der Waals surface area contributed by atoms with Gasteiger partial charge in [-0.25, -0.2) is 0 Å². The van der Waals surface area contributed by atoms with Crippen LogP contribution in [-0.4, -0.2) is 31.2 Å². The molecule has 3 aromatic carbocycles. The largest absolute Gasteiger partial charge is 0.497 e. The number of hydrogen-bond acceptors (Lipinski definition) is 3. The van der Waals surface area contributed by atoms with Crippen molar-refractivity contribution in [2.45, 2.75) is 19.3 Å². The Hall–Kier alpha value is -3.73. The summed E-state index contributed by atoms with van der Waals surface area (Å²) in [6.45, 7) is 3.15. The van der Waals surface area contributed by atoms with Crippen LogP contribution < -0.4 is 14.8 Å². The second-order valence-electron chi connectivity index (χ2n) is 7.70. The van der Waals surface area contributed by atoms with E-state index in [1.807, 2.05) is 48.7 Å². The molecule has 164 valence electrons. The van der Waals surface area contributed by atoms with Crippen molar-refractivity contribution in [3.05, 3.63) is 95.7 Å². The molecule has 0 fully saturated rings. The van der Waals surface area contributed by atoms with E-state index in [-0.39, 0.29) is 11.8 Å². The van der Waals surface area contributed by atoms with Crippen LogP contribution in [0.2, 0.25) is 0 Å². The highest BCUT2D eigenvalue weighted by Crippen LogP contribution is 2.31. The average molecular weight is 429 g/mol. The first-order valence-corrected chi connectivity index (χ1v) is 10.9. The van der Waals surface area contributed by atoms with E-state index < -0.39 is 0 Å². The van der Waals surface area contributed by atoms with Crippen LogP contribution in [0.3, 0.4) is 0 Å². The standard InChI is InChI=1S/C27H28N2O3/c1-3-15-32-22-8-6-7-20(16-22)27(30)29-17-24(19-11-13-21(31-2)14-12-19)25-18-28-26-10-5-4-9-23(25)26/h4-14,16,18,24,28H,3,15,17H2,1-2H3,(H,29,30)/t24-/m0/s1. The number of carbonyl (C=O) groups excluding carboxylic acids is 1. The third kappa shape index (κ3) is 4.78. The van der Waals surface area contributed by atoms with Gasteiger partial charge in [0.1, 0.15) is 11.5 Å². The lowest BCUT2D eigenvalue weighted by molar-refractivity contribution is 0.0952. The molecule has 4 aromatic rings. The fraction of sp³-hybridized carbons (Fsp3) is 0.222. The summed E-state index contributed by atoms with van der Waals surface area (Å²) in [6.07, 6.45) is 2.95.